The quantitative estimate of drug-likeness (QED) is 0.480. The van der Waals surface area contributed by atoms with Crippen LogP contribution in [0.4, 0.5) is 5.69 Å². The van der Waals surface area contributed by atoms with Crippen molar-refractivity contribution in [3.8, 4) is 17.2 Å². The topological polar surface area (TPSA) is 56.8 Å². The van der Waals surface area contributed by atoms with Crippen LogP contribution in [-0.2, 0) is 11.4 Å². The summed E-state index contributed by atoms with van der Waals surface area (Å²) < 4.78 is 16.5. The Bertz CT molecular complexity index is 1030. The highest BCUT2D eigenvalue weighted by Crippen LogP contribution is 2.29. The van der Waals surface area contributed by atoms with Gasteiger partial charge in [-0.2, -0.15) is 0 Å². The van der Waals surface area contributed by atoms with Gasteiger partial charge < -0.3 is 19.5 Å². The van der Waals surface area contributed by atoms with Crippen molar-refractivity contribution in [3.05, 3.63) is 89.0 Å². The first-order valence-corrected chi connectivity index (χ1v) is 9.64. The molecule has 0 radical (unpaired) electrons. The summed E-state index contributed by atoms with van der Waals surface area (Å²) >= 11 is 5.90. The molecule has 0 unspecified atom stereocenters. The van der Waals surface area contributed by atoms with Crippen molar-refractivity contribution in [1.29, 1.82) is 0 Å². The number of hydrogen-bond acceptors (Lipinski definition) is 4. The average Bonchev–Trinajstić information content (AvgIpc) is 2.78. The SMILES string of the molecule is COc1ccccc1NC(=O)/C=C/c1ccc(OCc2ccc(Cl)cc2)c(OC)c1. The van der Waals surface area contributed by atoms with E-state index in [-0.39, 0.29) is 5.91 Å². The fraction of sp³-hybridized carbons (Fsp3) is 0.125. The van der Waals surface area contributed by atoms with E-state index in [9.17, 15) is 4.79 Å². The molecule has 0 aliphatic heterocycles. The molecule has 30 heavy (non-hydrogen) atoms. The Morgan fingerprint density at radius 3 is 2.40 bits per heavy atom. The molecule has 0 heterocycles. The van der Waals surface area contributed by atoms with E-state index in [1.807, 2.05) is 54.6 Å². The number of nitrogens with one attached hydrogen (secondary N) is 1. The standard InChI is InChI=1S/C24H22ClNO4/c1-28-21-6-4-3-5-20(21)26-24(27)14-10-17-9-13-22(23(15-17)29-2)30-16-18-7-11-19(25)12-8-18/h3-15H,16H2,1-2H3,(H,26,27)/b14-10+. The summed E-state index contributed by atoms with van der Waals surface area (Å²) in [6.07, 6.45) is 3.16. The predicted molar refractivity (Wildman–Crippen MR) is 119 cm³/mol. The van der Waals surface area contributed by atoms with Crippen LogP contribution in [0.25, 0.3) is 6.08 Å². The Labute approximate surface area is 180 Å². The zero-order chi connectivity index (χ0) is 21.3. The number of rotatable bonds is 8. The van der Waals surface area contributed by atoms with Crippen molar-refractivity contribution in [2.45, 2.75) is 6.61 Å². The number of benzene rings is 3. The maximum Gasteiger partial charge on any atom is 0.248 e. The van der Waals surface area contributed by atoms with Gasteiger partial charge in [-0.05, 0) is 53.6 Å². The molecule has 0 bridgehead atoms. The Morgan fingerprint density at radius 2 is 1.67 bits per heavy atom. The van der Waals surface area contributed by atoms with Crippen molar-refractivity contribution in [2.24, 2.45) is 0 Å². The van der Waals surface area contributed by atoms with Gasteiger partial charge in [-0.1, -0.05) is 41.9 Å². The molecular formula is C24H22ClNO4. The van der Waals surface area contributed by atoms with Crippen LogP contribution in [0.2, 0.25) is 5.02 Å². The Morgan fingerprint density at radius 1 is 0.933 bits per heavy atom. The summed E-state index contributed by atoms with van der Waals surface area (Å²) in [5.74, 6) is 1.53. The summed E-state index contributed by atoms with van der Waals surface area (Å²) in [6, 6.07) is 20.2. The van der Waals surface area contributed by atoms with Crippen LogP contribution in [0.3, 0.4) is 0 Å². The third-order valence-electron chi connectivity index (χ3n) is 4.29. The molecule has 3 rings (SSSR count). The molecule has 0 aliphatic rings. The Hall–Kier alpha value is -3.44. The van der Waals surface area contributed by atoms with Gasteiger partial charge in [0, 0.05) is 11.1 Å². The molecule has 0 fully saturated rings. The van der Waals surface area contributed by atoms with Crippen molar-refractivity contribution >= 4 is 29.3 Å². The molecule has 1 N–H and O–H groups in total. The van der Waals surface area contributed by atoms with Crippen LogP contribution >= 0.6 is 11.6 Å². The van der Waals surface area contributed by atoms with Crippen molar-refractivity contribution in [2.75, 3.05) is 19.5 Å². The summed E-state index contributed by atoms with van der Waals surface area (Å²) in [5.41, 5.74) is 2.41. The van der Waals surface area contributed by atoms with Crippen LogP contribution in [0.5, 0.6) is 17.2 Å². The van der Waals surface area contributed by atoms with E-state index in [0.29, 0.717) is 34.6 Å². The van der Waals surface area contributed by atoms with E-state index in [4.69, 9.17) is 25.8 Å². The summed E-state index contributed by atoms with van der Waals surface area (Å²) in [6.45, 7) is 0.393. The average molecular weight is 424 g/mol. The highest BCUT2D eigenvalue weighted by atomic mass is 35.5. The minimum absolute atomic E-state index is 0.262. The normalized spacial score (nSPS) is 10.6. The van der Waals surface area contributed by atoms with E-state index in [1.165, 1.54) is 6.08 Å². The lowest BCUT2D eigenvalue weighted by molar-refractivity contribution is -0.111. The zero-order valence-electron chi connectivity index (χ0n) is 16.7. The molecular weight excluding hydrogens is 402 g/mol. The van der Waals surface area contributed by atoms with E-state index in [0.717, 1.165) is 11.1 Å². The van der Waals surface area contributed by atoms with Crippen LogP contribution < -0.4 is 19.5 Å². The van der Waals surface area contributed by atoms with Gasteiger partial charge in [-0.15, -0.1) is 0 Å². The molecule has 0 aliphatic carbocycles. The minimum Gasteiger partial charge on any atom is -0.495 e. The lowest BCUT2D eigenvalue weighted by Gasteiger charge is -2.11. The van der Waals surface area contributed by atoms with Gasteiger partial charge in [-0.3, -0.25) is 4.79 Å². The molecule has 0 saturated heterocycles. The minimum atomic E-state index is -0.262. The molecule has 0 aromatic heterocycles. The molecule has 3 aromatic rings. The van der Waals surface area contributed by atoms with Gasteiger partial charge in [0.05, 0.1) is 19.9 Å². The third-order valence-corrected chi connectivity index (χ3v) is 4.54. The van der Waals surface area contributed by atoms with Gasteiger partial charge in [-0.25, -0.2) is 0 Å². The zero-order valence-corrected chi connectivity index (χ0v) is 17.5. The maximum atomic E-state index is 12.2. The van der Waals surface area contributed by atoms with Crippen molar-refractivity contribution in [1.82, 2.24) is 0 Å². The van der Waals surface area contributed by atoms with E-state index in [1.54, 1.807) is 32.4 Å². The number of ether oxygens (including phenoxy) is 3. The van der Waals surface area contributed by atoms with Gasteiger partial charge in [0.25, 0.3) is 0 Å². The van der Waals surface area contributed by atoms with Crippen LogP contribution in [-0.4, -0.2) is 20.1 Å². The first-order chi connectivity index (χ1) is 14.6. The number of hydrogen-bond donors (Lipinski definition) is 1. The molecule has 6 heteroatoms. The highest BCUT2D eigenvalue weighted by Gasteiger charge is 2.07. The van der Waals surface area contributed by atoms with Crippen LogP contribution in [0.1, 0.15) is 11.1 Å². The monoisotopic (exact) mass is 423 g/mol. The number of para-hydroxylation sites is 2. The fourth-order valence-corrected chi connectivity index (χ4v) is 2.87. The van der Waals surface area contributed by atoms with Gasteiger partial charge >= 0.3 is 0 Å². The van der Waals surface area contributed by atoms with Crippen molar-refractivity contribution < 1.29 is 19.0 Å². The van der Waals surface area contributed by atoms with Crippen LogP contribution in [0, 0.1) is 0 Å². The first-order valence-electron chi connectivity index (χ1n) is 9.26. The number of halogens is 1. The molecule has 5 nitrogen and oxygen atoms in total. The lowest BCUT2D eigenvalue weighted by atomic mass is 10.2. The van der Waals surface area contributed by atoms with Gasteiger partial charge in [0.2, 0.25) is 5.91 Å². The predicted octanol–water partition coefficient (Wildman–Crippen LogP) is 5.59. The smallest absolute Gasteiger partial charge is 0.248 e. The van der Waals surface area contributed by atoms with Gasteiger partial charge in [0.1, 0.15) is 12.4 Å². The molecule has 0 saturated carbocycles. The Kier molecular flexibility index (Phi) is 7.35. The molecule has 1 amide bonds. The second-order valence-corrected chi connectivity index (χ2v) is 6.78. The number of anilines is 1. The second kappa shape index (κ2) is 10.4. The Balaban J connectivity index is 1.64. The summed E-state index contributed by atoms with van der Waals surface area (Å²) in [7, 11) is 3.13. The van der Waals surface area contributed by atoms with Crippen molar-refractivity contribution in [3.63, 3.8) is 0 Å². The lowest BCUT2D eigenvalue weighted by Crippen LogP contribution is -2.08. The summed E-state index contributed by atoms with van der Waals surface area (Å²) in [4.78, 5) is 12.2. The number of carbonyl (C=O) groups excluding carboxylic acids is 1. The number of carbonyl (C=O) groups is 1. The molecule has 154 valence electrons. The third kappa shape index (κ3) is 5.78. The van der Waals surface area contributed by atoms with E-state index < -0.39 is 0 Å². The first kappa shape index (κ1) is 21.3. The molecule has 3 aromatic carbocycles. The van der Waals surface area contributed by atoms with E-state index >= 15 is 0 Å². The maximum absolute atomic E-state index is 12.2. The second-order valence-electron chi connectivity index (χ2n) is 6.35. The highest BCUT2D eigenvalue weighted by molar-refractivity contribution is 6.30. The van der Waals surface area contributed by atoms with Crippen LogP contribution in [0.15, 0.2) is 72.8 Å². The molecule has 0 atom stereocenters. The molecule has 0 spiro atoms. The summed E-state index contributed by atoms with van der Waals surface area (Å²) in [5, 5.41) is 3.48. The van der Waals surface area contributed by atoms with E-state index in [2.05, 4.69) is 5.32 Å². The number of methoxy groups -OCH3 is 2. The largest absolute Gasteiger partial charge is 0.495 e. The van der Waals surface area contributed by atoms with Gasteiger partial charge in [0.15, 0.2) is 11.5 Å². The fourth-order valence-electron chi connectivity index (χ4n) is 2.74. The number of amides is 1.